The van der Waals surface area contributed by atoms with Crippen LogP contribution >= 0.6 is 23.5 Å². The van der Waals surface area contributed by atoms with Crippen LogP contribution in [0.25, 0.3) is 6.08 Å². The number of hydrogen-bond acceptors (Lipinski definition) is 7. The van der Waals surface area contributed by atoms with E-state index in [1.807, 2.05) is 29.6 Å². The lowest BCUT2D eigenvalue weighted by atomic mass is 10.0. The van der Waals surface area contributed by atoms with E-state index < -0.39 is 26.5 Å². The van der Waals surface area contributed by atoms with Crippen molar-refractivity contribution in [2.45, 2.75) is 100 Å². The van der Waals surface area contributed by atoms with E-state index in [4.69, 9.17) is 9.16 Å². The van der Waals surface area contributed by atoms with Crippen LogP contribution in [-0.4, -0.2) is 65.0 Å². The first-order valence-corrected chi connectivity index (χ1v) is 18.0. The lowest BCUT2D eigenvalue weighted by Crippen LogP contribution is -2.46. The van der Waals surface area contributed by atoms with Crippen molar-refractivity contribution >= 4 is 43.9 Å². The topological polar surface area (TPSA) is 76.0 Å². The lowest BCUT2D eigenvalue weighted by molar-refractivity contribution is -0.145. The molecule has 0 aliphatic carbocycles. The van der Waals surface area contributed by atoms with Gasteiger partial charge in [-0.05, 0) is 67.8 Å². The van der Waals surface area contributed by atoms with E-state index in [1.54, 1.807) is 6.92 Å². The maximum atomic E-state index is 11.8. The van der Waals surface area contributed by atoms with Gasteiger partial charge in [0.05, 0.1) is 29.3 Å². The van der Waals surface area contributed by atoms with Gasteiger partial charge in [0.1, 0.15) is 0 Å². The summed E-state index contributed by atoms with van der Waals surface area (Å²) in [5.74, 6) is 1.76. The number of esters is 1. The summed E-state index contributed by atoms with van der Waals surface area (Å²) >= 11 is 3.93. The van der Waals surface area contributed by atoms with Crippen LogP contribution in [0.5, 0.6) is 0 Å². The molecule has 204 valence electrons. The summed E-state index contributed by atoms with van der Waals surface area (Å²) in [5.41, 5.74) is 1.17. The molecule has 2 N–H and O–H groups in total. The van der Waals surface area contributed by atoms with Crippen molar-refractivity contribution in [1.29, 1.82) is 0 Å². The van der Waals surface area contributed by atoms with E-state index in [2.05, 4.69) is 70.3 Å². The van der Waals surface area contributed by atoms with Crippen LogP contribution in [0.2, 0.25) is 18.1 Å². The van der Waals surface area contributed by atoms with Gasteiger partial charge >= 0.3 is 5.97 Å². The third kappa shape index (κ3) is 10.5. The highest BCUT2D eigenvalue weighted by molar-refractivity contribution is 8.19. The summed E-state index contributed by atoms with van der Waals surface area (Å²) in [7, 11) is -2.11. The Balaban J connectivity index is 2.21. The maximum absolute atomic E-state index is 11.8. The highest BCUT2D eigenvalue weighted by atomic mass is 32.2. The molecule has 1 aromatic rings. The van der Waals surface area contributed by atoms with E-state index in [0.29, 0.717) is 6.42 Å². The van der Waals surface area contributed by atoms with E-state index in [1.165, 1.54) is 12.0 Å². The Hall–Kier alpha value is -0.773. The van der Waals surface area contributed by atoms with Crippen LogP contribution in [0.3, 0.4) is 0 Å². The smallest absolute Gasteiger partial charge is 0.308 e. The highest BCUT2D eigenvalue weighted by Crippen LogP contribution is 2.49. The van der Waals surface area contributed by atoms with E-state index >= 15 is 0 Å². The van der Waals surface area contributed by atoms with E-state index in [9.17, 15) is 15.0 Å². The van der Waals surface area contributed by atoms with Crippen LogP contribution in [0.1, 0.15) is 65.4 Å². The van der Waals surface area contributed by atoms with Crippen molar-refractivity contribution in [2.24, 2.45) is 0 Å². The molecule has 1 fully saturated rings. The summed E-state index contributed by atoms with van der Waals surface area (Å²) in [6.45, 7) is 13.2. The number of thioether (sulfide) groups is 2. The average molecular weight is 555 g/mol. The molecule has 0 bridgehead atoms. The van der Waals surface area contributed by atoms with Crippen LogP contribution in [0.15, 0.2) is 36.4 Å². The zero-order chi connectivity index (χ0) is 26.8. The maximum Gasteiger partial charge on any atom is 0.308 e. The molecule has 3 atom stereocenters. The SMILES string of the molecule is CCOC(=O)CC(O)C[C@@H](O)C[C@@H](CC1(/C=C/c2ccccc2)SCCCS1)O[Si](C)(C)C(C)(C)C. The van der Waals surface area contributed by atoms with Gasteiger partial charge in [0.2, 0.25) is 0 Å². The Labute approximate surface area is 227 Å². The van der Waals surface area contributed by atoms with Crippen LogP contribution in [-0.2, 0) is 14.0 Å². The van der Waals surface area contributed by atoms with Crippen molar-refractivity contribution < 1.29 is 24.2 Å². The number of aliphatic hydroxyl groups excluding tert-OH is 2. The number of benzene rings is 1. The predicted molar refractivity (Wildman–Crippen MR) is 157 cm³/mol. The van der Waals surface area contributed by atoms with Gasteiger partial charge in [-0.25, -0.2) is 0 Å². The normalized spacial score (nSPS) is 19.1. The minimum Gasteiger partial charge on any atom is -0.466 e. The van der Waals surface area contributed by atoms with Crippen LogP contribution in [0.4, 0.5) is 0 Å². The third-order valence-corrected chi connectivity index (χ3v) is 14.7. The molecule has 0 aromatic heterocycles. The standard InChI is InChI=1S/C28H46O5S2Si/c1-7-32-26(31)20-24(30)18-23(29)19-25(33-36(5,6)27(2,3)4)21-28(34-16-11-17-35-28)15-14-22-12-9-8-10-13-22/h8-10,12-15,23-25,29-30H,7,11,16-21H2,1-6H3/b15-14+/t23-,24?,25+/m1/s1. The fourth-order valence-electron chi connectivity index (χ4n) is 3.95. The number of rotatable bonds is 13. The summed E-state index contributed by atoms with van der Waals surface area (Å²) in [5, 5.41) is 21.3. The molecule has 1 aliphatic rings. The number of hydrogen-bond donors (Lipinski definition) is 2. The first-order chi connectivity index (χ1) is 16.9. The molecule has 2 rings (SSSR count). The van der Waals surface area contributed by atoms with Gasteiger partial charge in [0, 0.05) is 6.10 Å². The zero-order valence-electron chi connectivity index (χ0n) is 22.9. The molecule has 1 saturated heterocycles. The second kappa shape index (κ2) is 14.4. The molecule has 36 heavy (non-hydrogen) atoms. The van der Waals surface area contributed by atoms with Gasteiger partial charge in [-0.2, -0.15) is 0 Å². The second-order valence-electron chi connectivity index (χ2n) is 11.1. The summed E-state index contributed by atoms with van der Waals surface area (Å²) in [4.78, 5) is 11.8. The Morgan fingerprint density at radius 1 is 1.11 bits per heavy atom. The molecule has 0 radical (unpaired) electrons. The summed E-state index contributed by atoms with van der Waals surface area (Å²) < 4.78 is 11.7. The largest absolute Gasteiger partial charge is 0.466 e. The quantitative estimate of drug-likeness (QED) is 0.213. The van der Waals surface area contributed by atoms with Gasteiger partial charge in [-0.1, -0.05) is 63.3 Å². The van der Waals surface area contributed by atoms with Crippen molar-refractivity contribution in [2.75, 3.05) is 18.1 Å². The Morgan fingerprint density at radius 2 is 1.75 bits per heavy atom. The van der Waals surface area contributed by atoms with Gasteiger partial charge in [-0.15, -0.1) is 23.5 Å². The molecule has 1 aromatic carbocycles. The summed E-state index contributed by atoms with van der Waals surface area (Å²) in [6, 6.07) is 10.4. The Kier molecular flexibility index (Phi) is 12.6. The van der Waals surface area contributed by atoms with Gasteiger partial charge in [-0.3, -0.25) is 4.79 Å². The lowest BCUT2D eigenvalue weighted by Gasteiger charge is -2.43. The second-order valence-corrected chi connectivity index (χ2v) is 19.0. The monoisotopic (exact) mass is 554 g/mol. The molecule has 5 nitrogen and oxygen atoms in total. The molecule has 1 unspecified atom stereocenters. The molecule has 8 heteroatoms. The van der Waals surface area contributed by atoms with Crippen LogP contribution in [0, 0.1) is 0 Å². The number of carbonyl (C=O) groups excluding carboxylic acids is 1. The first-order valence-electron chi connectivity index (χ1n) is 13.1. The molecule has 0 spiro atoms. The number of carbonyl (C=O) groups is 1. The van der Waals surface area contributed by atoms with Gasteiger partial charge in [0.15, 0.2) is 8.32 Å². The number of ether oxygens (including phenoxy) is 1. The predicted octanol–water partition coefficient (Wildman–Crippen LogP) is 6.50. The molecule has 0 amide bonds. The van der Waals surface area contributed by atoms with Crippen molar-refractivity contribution in [3.05, 3.63) is 42.0 Å². The number of aliphatic hydroxyl groups is 2. The van der Waals surface area contributed by atoms with Gasteiger partial charge in [0.25, 0.3) is 0 Å². The average Bonchev–Trinajstić information content (AvgIpc) is 2.78. The fourth-order valence-corrected chi connectivity index (χ4v) is 8.54. The first kappa shape index (κ1) is 31.4. The van der Waals surface area contributed by atoms with E-state index in [-0.39, 0.29) is 34.7 Å². The Morgan fingerprint density at radius 3 is 2.33 bits per heavy atom. The minimum atomic E-state index is -2.11. The molecular weight excluding hydrogens is 509 g/mol. The fraction of sp³-hybridized carbons (Fsp3) is 0.679. The van der Waals surface area contributed by atoms with Crippen molar-refractivity contribution in [3.63, 3.8) is 0 Å². The molecule has 1 aliphatic heterocycles. The van der Waals surface area contributed by atoms with Crippen LogP contribution < -0.4 is 0 Å². The van der Waals surface area contributed by atoms with Crippen molar-refractivity contribution in [3.8, 4) is 0 Å². The minimum absolute atomic E-state index is 0.0412. The highest BCUT2D eigenvalue weighted by Gasteiger charge is 2.42. The zero-order valence-corrected chi connectivity index (χ0v) is 25.5. The molecule has 0 saturated carbocycles. The molecular formula is C28H46O5S2Si. The van der Waals surface area contributed by atoms with Crippen molar-refractivity contribution in [1.82, 2.24) is 0 Å². The van der Waals surface area contributed by atoms with Gasteiger partial charge < -0.3 is 19.4 Å². The summed E-state index contributed by atoms with van der Waals surface area (Å²) in [6.07, 6.45) is 5.08. The Bertz CT molecular complexity index is 819. The molecule has 1 heterocycles. The third-order valence-electron chi connectivity index (χ3n) is 6.88. The van der Waals surface area contributed by atoms with E-state index in [0.717, 1.165) is 17.9 Å².